The molecule has 114 valence electrons. The van der Waals surface area contributed by atoms with Crippen LogP contribution in [-0.4, -0.2) is 19.8 Å². The van der Waals surface area contributed by atoms with Crippen molar-refractivity contribution in [2.75, 3.05) is 0 Å². The van der Waals surface area contributed by atoms with Gasteiger partial charge in [0.05, 0.1) is 0 Å². The Labute approximate surface area is 134 Å². The van der Waals surface area contributed by atoms with E-state index in [-0.39, 0.29) is 12.0 Å². The lowest BCUT2D eigenvalue weighted by atomic mass is 9.78. The minimum Gasteiger partial charge on any atom is -0.485 e. The Bertz CT molecular complexity index is 809. The van der Waals surface area contributed by atoms with Gasteiger partial charge in [0.2, 0.25) is 0 Å². The number of carbonyl (C=O) groups excluding carboxylic acids is 2. The van der Waals surface area contributed by atoms with Crippen molar-refractivity contribution in [2.45, 2.75) is 18.1 Å². The number of hydrogen-bond acceptors (Lipinski definition) is 3. The Morgan fingerprint density at radius 3 is 2.61 bits per heavy atom. The fourth-order valence-corrected chi connectivity index (χ4v) is 3.34. The van der Waals surface area contributed by atoms with E-state index in [1.807, 2.05) is 56.4 Å². The molecule has 0 saturated carbocycles. The molecule has 2 aromatic rings. The van der Waals surface area contributed by atoms with Crippen LogP contribution in [-0.2, 0) is 10.3 Å². The van der Waals surface area contributed by atoms with Crippen LogP contribution in [0, 0.1) is 0 Å². The monoisotopic (exact) mass is 306 g/mol. The first-order chi connectivity index (χ1) is 11.1. The number of rotatable bonds is 1. The van der Waals surface area contributed by atoms with Gasteiger partial charge in [0.15, 0.2) is 5.54 Å². The third-order valence-electron chi connectivity index (χ3n) is 4.47. The van der Waals surface area contributed by atoms with Crippen LogP contribution < -0.4 is 20.8 Å². The highest BCUT2D eigenvalue weighted by Crippen LogP contribution is 2.45. The van der Waals surface area contributed by atoms with Crippen LogP contribution in [0.15, 0.2) is 48.5 Å². The van der Waals surface area contributed by atoms with Crippen molar-refractivity contribution in [1.82, 2.24) is 10.6 Å². The van der Waals surface area contributed by atoms with Gasteiger partial charge in [0.25, 0.3) is 5.91 Å². The molecule has 0 aliphatic carbocycles. The highest BCUT2D eigenvalue weighted by molar-refractivity contribution is 6.32. The Balaban J connectivity index is 1.86. The Kier molecular flexibility index (Phi) is 2.94. The molecule has 2 heterocycles. The van der Waals surface area contributed by atoms with E-state index >= 15 is 0 Å². The zero-order chi connectivity index (χ0) is 16.0. The number of nitrogens with one attached hydrogen (secondary N) is 2. The van der Waals surface area contributed by atoms with E-state index in [1.54, 1.807) is 0 Å². The number of carbonyl (C=O) groups is 2. The van der Waals surface area contributed by atoms with Crippen molar-refractivity contribution in [3.63, 3.8) is 0 Å². The summed E-state index contributed by atoms with van der Waals surface area (Å²) in [7, 11) is 1.95. The molecule has 3 amide bonds. The molecular formula is C17H15BN2O3. The number of imide groups is 1. The summed E-state index contributed by atoms with van der Waals surface area (Å²) in [5.74, 6) is 0.312. The van der Waals surface area contributed by atoms with Crippen molar-refractivity contribution in [3.05, 3.63) is 59.7 Å². The second kappa shape index (κ2) is 4.88. The number of urea groups is 1. The number of fused-ring (bicyclic) bond motifs is 2. The zero-order valence-electron chi connectivity index (χ0n) is 12.6. The first kappa shape index (κ1) is 13.9. The van der Waals surface area contributed by atoms with Gasteiger partial charge in [-0.1, -0.05) is 47.9 Å². The molecule has 2 aliphatic rings. The highest BCUT2D eigenvalue weighted by Gasteiger charge is 2.53. The maximum absolute atomic E-state index is 12.6. The molecule has 1 spiro atoms. The zero-order valence-corrected chi connectivity index (χ0v) is 12.6. The van der Waals surface area contributed by atoms with E-state index in [4.69, 9.17) is 4.74 Å². The molecular weight excluding hydrogens is 291 g/mol. The molecule has 5 nitrogen and oxygen atoms in total. The van der Waals surface area contributed by atoms with Crippen LogP contribution in [0.3, 0.4) is 0 Å². The van der Waals surface area contributed by atoms with Crippen LogP contribution in [0.1, 0.15) is 23.7 Å². The van der Waals surface area contributed by atoms with Crippen molar-refractivity contribution < 1.29 is 14.3 Å². The van der Waals surface area contributed by atoms with E-state index in [0.717, 1.165) is 11.0 Å². The third kappa shape index (κ3) is 2.10. The minimum atomic E-state index is -1.07. The highest BCUT2D eigenvalue weighted by atomic mass is 16.5. The van der Waals surface area contributed by atoms with Crippen molar-refractivity contribution >= 4 is 25.2 Å². The fraction of sp³-hybridized carbons (Fsp3) is 0.176. The topological polar surface area (TPSA) is 67.4 Å². The predicted molar refractivity (Wildman–Crippen MR) is 87.4 cm³/mol. The molecule has 4 rings (SSSR count). The van der Waals surface area contributed by atoms with Gasteiger partial charge in [-0.25, -0.2) is 4.79 Å². The van der Waals surface area contributed by atoms with Gasteiger partial charge in [0, 0.05) is 12.0 Å². The molecule has 2 unspecified atom stereocenters. The van der Waals surface area contributed by atoms with Gasteiger partial charge in [-0.05, 0) is 11.6 Å². The van der Waals surface area contributed by atoms with Crippen LogP contribution in [0.5, 0.6) is 5.75 Å². The van der Waals surface area contributed by atoms with Gasteiger partial charge >= 0.3 is 6.03 Å². The SMILES string of the molecule is Bc1ccc2c(c1)C1(CC(c3ccccc3)O2)NC(=O)NC1=O. The maximum Gasteiger partial charge on any atom is 0.322 e. The number of benzene rings is 2. The summed E-state index contributed by atoms with van der Waals surface area (Å²) in [6.45, 7) is 0. The van der Waals surface area contributed by atoms with Gasteiger partial charge in [-0.2, -0.15) is 0 Å². The summed E-state index contributed by atoms with van der Waals surface area (Å²) in [4.78, 5) is 24.3. The van der Waals surface area contributed by atoms with E-state index in [9.17, 15) is 9.59 Å². The smallest absolute Gasteiger partial charge is 0.322 e. The number of hydrogen-bond donors (Lipinski definition) is 2. The summed E-state index contributed by atoms with van der Waals surface area (Å²) in [5.41, 5.74) is 1.64. The fourth-order valence-electron chi connectivity index (χ4n) is 3.34. The van der Waals surface area contributed by atoms with Gasteiger partial charge in [-0.3, -0.25) is 10.1 Å². The first-order valence-electron chi connectivity index (χ1n) is 7.55. The van der Waals surface area contributed by atoms with Crippen molar-refractivity contribution in [3.8, 4) is 5.75 Å². The van der Waals surface area contributed by atoms with E-state index in [2.05, 4.69) is 10.6 Å². The van der Waals surface area contributed by atoms with Crippen molar-refractivity contribution in [2.24, 2.45) is 0 Å². The molecule has 0 aromatic heterocycles. The standard InChI is InChI=1S/C17H15BN2O3/c18-11-6-7-13-12(8-11)17(15(21)19-16(22)20-17)9-14(23-13)10-4-2-1-3-5-10/h1-8,14H,9,18H2,(H2,19,20,21,22). The molecule has 2 aromatic carbocycles. The van der Waals surface area contributed by atoms with Crippen LogP contribution in [0.4, 0.5) is 4.79 Å². The van der Waals surface area contributed by atoms with Crippen LogP contribution in [0.25, 0.3) is 0 Å². The number of amides is 3. The van der Waals surface area contributed by atoms with E-state index in [0.29, 0.717) is 17.7 Å². The lowest BCUT2D eigenvalue weighted by Crippen LogP contribution is -2.48. The van der Waals surface area contributed by atoms with Gasteiger partial charge in [-0.15, -0.1) is 0 Å². The largest absolute Gasteiger partial charge is 0.485 e. The first-order valence-corrected chi connectivity index (χ1v) is 7.55. The molecule has 1 fully saturated rings. The lowest BCUT2D eigenvalue weighted by Gasteiger charge is -2.38. The Hall–Kier alpha value is -2.76. The van der Waals surface area contributed by atoms with E-state index in [1.165, 1.54) is 0 Å². The van der Waals surface area contributed by atoms with E-state index < -0.39 is 11.6 Å². The normalized spacial score (nSPS) is 25.5. The molecule has 2 aliphatic heterocycles. The summed E-state index contributed by atoms with van der Waals surface area (Å²) in [6, 6.07) is 15.0. The average molecular weight is 306 g/mol. The van der Waals surface area contributed by atoms with Crippen LogP contribution >= 0.6 is 0 Å². The lowest BCUT2D eigenvalue weighted by molar-refractivity contribution is -0.126. The molecule has 2 N–H and O–H groups in total. The summed E-state index contributed by atoms with van der Waals surface area (Å²) >= 11 is 0. The minimum absolute atomic E-state index is 0.296. The third-order valence-corrected chi connectivity index (χ3v) is 4.47. The molecule has 0 radical (unpaired) electrons. The Morgan fingerprint density at radius 1 is 1.13 bits per heavy atom. The van der Waals surface area contributed by atoms with Gasteiger partial charge in [0.1, 0.15) is 19.7 Å². The average Bonchev–Trinajstić information content (AvgIpc) is 2.83. The van der Waals surface area contributed by atoms with Crippen molar-refractivity contribution in [1.29, 1.82) is 0 Å². The number of ether oxygens (including phenoxy) is 1. The predicted octanol–water partition coefficient (Wildman–Crippen LogP) is 0.503. The molecule has 0 bridgehead atoms. The molecule has 1 saturated heterocycles. The molecule has 6 heteroatoms. The molecule has 23 heavy (non-hydrogen) atoms. The summed E-state index contributed by atoms with van der Waals surface area (Å²) in [5, 5.41) is 5.19. The second-order valence-electron chi connectivity index (χ2n) is 6.03. The summed E-state index contributed by atoms with van der Waals surface area (Å²) in [6.07, 6.45) is 0.0703. The van der Waals surface area contributed by atoms with Gasteiger partial charge < -0.3 is 10.1 Å². The quantitative estimate of drug-likeness (QED) is 0.596. The Morgan fingerprint density at radius 2 is 1.91 bits per heavy atom. The summed E-state index contributed by atoms with van der Waals surface area (Å²) < 4.78 is 6.11. The molecule has 2 atom stereocenters. The van der Waals surface area contributed by atoms with Crippen LogP contribution in [0.2, 0.25) is 0 Å². The maximum atomic E-state index is 12.6. The second-order valence-corrected chi connectivity index (χ2v) is 6.03.